The Bertz CT molecular complexity index is 1060. The molecule has 0 fully saturated rings. The molecular formula is C21H23F2N5O. The molecule has 2 N–H and O–H groups in total. The summed E-state index contributed by atoms with van der Waals surface area (Å²) in [7, 11) is 0. The summed E-state index contributed by atoms with van der Waals surface area (Å²) in [5, 5.41) is 10.1. The van der Waals surface area contributed by atoms with E-state index in [2.05, 4.69) is 27.3 Å². The normalized spacial score (nSPS) is 12.2. The summed E-state index contributed by atoms with van der Waals surface area (Å²) < 4.78 is 28.5. The molecule has 0 aliphatic carbocycles. The highest BCUT2D eigenvalue weighted by molar-refractivity contribution is 6.01. The maximum Gasteiger partial charge on any atom is 0.283 e. The topological polar surface area (TPSA) is 71.3 Å². The van der Waals surface area contributed by atoms with Crippen LogP contribution in [0.5, 0.6) is 0 Å². The molecule has 29 heavy (non-hydrogen) atoms. The molecule has 6 nitrogen and oxygen atoms in total. The minimum Gasteiger partial charge on any atom is -0.366 e. The van der Waals surface area contributed by atoms with E-state index in [1.54, 1.807) is 35.0 Å². The van der Waals surface area contributed by atoms with Crippen molar-refractivity contribution >= 4 is 23.1 Å². The Morgan fingerprint density at radius 2 is 2.03 bits per heavy atom. The lowest BCUT2D eigenvalue weighted by Crippen LogP contribution is -2.12. The van der Waals surface area contributed by atoms with Gasteiger partial charge in [0.15, 0.2) is 11.5 Å². The largest absolute Gasteiger partial charge is 0.366 e. The van der Waals surface area contributed by atoms with Gasteiger partial charge in [0.2, 0.25) is 0 Å². The van der Waals surface area contributed by atoms with Gasteiger partial charge in [0, 0.05) is 23.9 Å². The number of aromatic nitrogens is 3. The van der Waals surface area contributed by atoms with E-state index < -0.39 is 17.9 Å². The van der Waals surface area contributed by atoms with Gasteiger partial charge in [-0.25, -0.2) is 13.8 Å². The van der Waals surface area contributed by atoms with Gasteiger partial charge in [-0.2, -0.15) is 9.61 Å². The van der Waals surface area contributed by atoms with Crippen molar-refractivity contribution in [1.29, 1.82) is 0 Å². The number of amides is 1. The van der Waals surface area contributed by atoms with Gasteiger partial charge in [0.25, 0.3) is 5.91 Å². The molecule has 0 spiro atoms. The van der Waals surface area contributed by atoms with Crippen molar-refractivity contribution in [3.8, 4) is 0 Å². The zero-order valence-electron chi connectivity index (χ0n) is 16.5. The summed E-state index contributed by atoms with van der Waals surface area (Å²) in [5.74, 6) is -1.14. The molecule has 0 saturated carbocycles. The van der Waals surface area contributed by atoms with Crippen molar-refractivity contribution in [2.75, 3.05) is 10.6 Å². The lowest BCUT2D eigenvalue weighted by atomic mass is 10.1. The Labute approximate surface area is 167 Å². The van der Waals surface area contributed by atoms with Crippen LogP contribution in [0.25, 0.3) is 5.65 Å². The molecule has 3 rings (SSSR count). The molecule has 1 atom stereocenters. The Morgan fingerprint density at radius 1 is 1.28 bits per heavy atom. The number of fused-ring (bicyclic) bond motifs is 1. The molecule has 8 heteroatoms. The maximum atomic E-state index is 14.0. The Balaban J connectivity index is 1.87. The zero-order chi connectivity index (χ0) is 21.1. The van der Waals surface area contributed by atoms with Crippen LogP contribution >= 0.6 is 0 Å². The minimum absolute atomic E-state index is 0.198. The van der Waals surface area contributed by atoms with E-state index in [0.717, 1.165) is 11.1 Å². The number of carbonyl (C=O) groups excluding carboxylic acids is 1. The molecular weight excluding hydrogens is 376 g/mol. The second-order valence-corrected chi connectivity index (χ2v) is 7.09. The average molecular weight is 399 g/mol. The van der Waals surface area contributed by atoms with Gasteiger partial charge in [0.1, 0.15) is 12.0 Å². The van der Waals surface area contributed by atoms with Gasteiger partial charge in [-0.15, -0.1) is 0 Å². The fraction of sp³-hybridized carbons (Fsp3) is 0.286. The van der Waals surface area contributed by atoms with E-state index in [9.17, 15) is 13.6 Å². The molecule has 2 heterocycles. The molecule has 1 amide bonds. The number of nitrogens with one attached hydrogen (secondary N) is 2. The van der Waals surface area contributed by atoms with Crippen LogP contribution < -0.4 is 10.6 Å². The fourth-order valence-corrected chi connectivity index (χ4v) is 2.89. The van der Waals surface area contributed by atoms with Crippen LogP contribution in [0.15, 0.2) is 48.9 Å². The number of carbonyl (C=O) groups is 1. The highest BCUT2D eigenvalue weighted by atomic mass is 19.1. The predicted octanol–water partition coefficient (Wildman–Crippen LogP) is 4.92. The summed E-state index contributed by atoms with van der Waals surface area (Å²) in [6, 6.07) is 8.60. The van der Waals surface area contributed by atoms with Crippen molar-refractivity contribution in [2.24, 2.45) is 0 Å². The van der Waals surface area contributed by atoms with Crippen molar-refractivity contribution in [3.05, 3.63) is 65.8 Å². The van der Waals surface area contributed by atoms with Crippen LogP contribution in [0.3, 0.4) is 0 Å². The third-order valence-corrected chi connectivity index (χ3v) is 4.45. The molecule has 0 bridgehead atoms. The first-order chi connectivity index (χ1) is 13.8. The molecule has 0 saturated heterocycles. The van der Waals surface area contributed by atoms with E-state index >= 15 is 0 Å². The molecule has 1 aromatic carbocycles. The highest BCUT2D eigenvalue weighted by Gasteiger charge is 2.16. The van der Waals surface area contributed by atoms with Crippen molar-refractivity contribution < 1.29 is 13.6 Å². The molecule has 152 valence electrons. The summed E-state index contributed by atoms with van der Waals surface area (Å²) in [5.41, 5.74) is 3.17. The van der Waals surface area contributed by atoms with Crippen molar-refractivity contribution in [1.82, 2.24) is 14.6 Å². The third kappa shape index (κ3) is 4.59. The summed E-state index contributed by atoms with van der Waals surface area (Å²) >= 11 is 0. The molecule has 0 radical (unpaired) electrons. The second kappa shape index (κ2) is 8.38. The standard InChI is InChI=1S/C21H23F2N5O/c1-12(2)17-11-25-28-19(9-18(13(3)22)27-20(17)28)24-10-15-6-5-7-16(8-15)26-21(29)14(4)23/h5-9,11-13,24H,4,10H2,1-3H3,(H,26,29). The summed E-state index contributed by atoms with van der Waals surface area (Å²) in [6.07, 6.45) is 0.521. The molecule has 2 aromatic heterocycles. The Kier molecular flexibility index (Phi) is 5.91. The zero-order valence-corrected chi connectivity index (χ0v) is 16.5. The lowest BCUT2D eigenvalue weighted by Gasteiger charge is -2.13. The second-order valence-electron chi connectivity index (χ2n) is 7.09. The minimum atomic E-state index is -1.22. The van der Waals surface area contributed by atoms with E-state index in [0.29, 0.717) is 29.4 Å². The number of anilines is 2. The van der Waals surface area contributed by atoms with E-state index in [4.69, 9.17) is 0 Å². The first-order valence-corrected chi connectivity index (χ1v) is 9.27. The van der Waals surface area contributed by atoms with Crippen LogP contribution in [0.4, 0.5) is 20.3 Å². The van der Waals surface area contributed by atoms with Gasteiger partial charge in [-0.3, -0.25) is 4.79 Å². The summed E-state index contributed by atoms with van der Waals surface area (Å²) in [6.45, 7) is 8.87. The van der Waals surface area contributed by atoms with Gasteiger partial charge >= 0.3 is 0 Å². The summed E-state index contributed by atoms with van der Waals surface area (Å²) in [4.78, 5) is 15.9. The molecule has 0 aliphatic heterocycles. The number of rotatable bonds is 7. The first kappa shape index (κ1) is 20.4. The quantitative estimate of drug-likeness (QED) is 0.554. The maximum absolute atomic E-state index is 14.0. The third-order valence-electron chi connectivity index (χ3n) is 4.45. The first-order valence-electron chi connectivity index (χ1n) is 9.27. The van der Waals surface area contributed by atoms with Crippen LogP contribution in [0.1, 0.15) is 49.7 Å². The Morgan fingerprint density at radius 3 is 2.69 bits per heavy atom. The van der Waals surface area contributed by atoms with Crippen LogP contribution in [0, 0.1) is 0 Å². The van der Waals surface area contributed by atoms with E-state index in [1.165, 1.54) is 6.92 Å². The lowest BCUT2D eigenvalue weighted by molar-refractivity contribution is -0.114. The van der Waals surface area contributed by atoms with Crippen molar-refractivity contribution in [3.63, 3.8) is 0 Å². The molecule has 1 unspecified atom stereocenters. The monoisotopic (exact) mass is 399 g/mol. The SMILES string of the molecule is C=C(F)C(=O)Nc1cccc(CNc2cc(C(C)F)nc3c(C(C)C)cnn23)c1. The Hall–Kier alpha value is -3.29. The number of benzene rings is 1. The van der Waals surface area contributed by atoms with Gasteiger partial charge in [-0.05, 0) is 30.5 Å². The van der Waals surface area contributed by atoms with Crippen LogP contribution in [0.2, 0.25) is 0 Å². The number of alkyl halides is 1. The molecule has 3 aromatic rings. The fourth-order valence-electron chi connectivity index (χ4n) is 2.89. The average Bonchev–Trinajstić information content (AvgIpc) is 3.10. The highest BCUT2D eigenvalue weighted by Crippen LogP contribution is 2.26. The number of hydrogen-bond acceptors (Lipinski definition) is 4. The van der Waals surface area contributed by atoms with Crippen LogP contribution in [-0.4, -0.2) is 20.5 Å². The van der Waals surface area contributed by atoms with Gasteiger partial charge in [0.05, 0.1) is 11.9 Å². The van der Waals surface area contributed by atoms with Crippen LogP contribution in [-0.2, 0) is 11.3 Å². The van der Waals surface area contributed by atoms with E-state index in [1.807, 2.05) is 19.9 Å². The van der Waals surface area contributed by atoms with Gasteiger partial charge in [-0.1, -0.05) is 32.6 Å². The predicted molar refractivity (Wildman–Crippen MR) is 109 cm³/mol. The van der Waals surface area contributed by atoms with Crippen molar-refractivity contribution in [2.45, 2.75) is 39.4 Å². The van der Waals surface area contributed by atoms with E-state index in [-0.39, 0.29) is 5.92 Å². The smallest absolute Gasteiger partial charge is 0.283 e. The number of nitrogens with zero attached hydrogens (tertiary/aromatic N) is 3. The number of halogens is 2. The molecule has 0 aliphatic rings. The number of hydrogen-bond donors (Lipinski definition) is 2. The van der Waals surface area contributed by atoms with Gasteiger partial charge < -0.3 is 10.6 Å².